The van der Waals surface area contributed by atoms with E-state index in [0.717, 1.165) is 27.6 Å². The van der Waals surface area contributed by atoms with Crippen molar-refractivity contribution in [3.05, 3.63) is 101 Å². The van der Waals surface area contributed by atoms with E-state index < -0.39 is 0 Å². The van der Waals surface area contributed by atoms with Crippen LogP contribution >= 0.6 is 23.4 Å². The third-order valence-electron chi connectivity index (χ3n) is 4.61. The van der Waals surface area contributed by atoms with E-state index in [1.165, 1.54) is 0 Å². The molecule has 1 amide bonds. The van der Waals surface area contributed by atoms with Crippen molar-refractivity contribution < 1.29 is 4.79 Å². The van der Waals surface area contributed by atoms with E-state index >= 15 is 0 Å². The van der Waals surface area contributed by atoms with Crippen LogP contribution in [0.25, 0.3) is 5.65 Å². The molecule has 0 unspecified atom stereocenters. The maximum atomic E-state index is 12.7. The molecule has 29 heavy (non-hydrogen) atoms. The number of hydrogen-bond donors (Lipinski definition) is 0. The Morgan fingerprint density at radius 2 is 1.83 bits per heavy atom. The van der Waals surface area contributed by atoms with Gasteiger partial charge in [0.2, 0.25) is 0 Å². The fourth-order valence-electron chi connectivity index (χ4n) is 3.08. The highest BCUT2D eigenvalue weighted by Crippen LogP contribution is 2.24. The summed E-state index contributed by atoms with van der Waals surface area (Å²) in [6, 6.07) is 21.3. The van der Waals surface area contributed by atoms with Crippen molar-refractivity contribution in [1.82, 2.24) is 14.3 Å². The molecule has 2 aromatic carbocycles. The third-order valence-corrected chi connectivity index (χ3v) is 6.03. The molecule has 0 spiro atoms. The highest BCUT2D eigenvalue weighted by atomic mass is 35.5. The molecule has 0 bridgehead atoms. The fraction of sp³-hybridized carbons (Fsp3) is 0.130. The van der Waals surface area contributed by atoms with Crippen LogP contribution in [0.3, 0.4) is 0 Å². The van der Waals surface area contributed by atoms with Crippen LogP contribution in [0.5, 0.6) is 0 Å². The summed E-state index contributed by atoms with van der Waals surface area (Å²) >= 11 is 7.91. The summed E-state index contributed by atoms with van der Waals surface area (Å²) in [7, 11) is 1.79. The van der Waals surface area contributed by atoms with Crippen molar-refractivity contribution >= 4 is 34.9 Å². The van der Waals surface area contributed by atoms with Crippen LogP contribution in [-0.4, -0.2) is 27.2 Å². The standard InChI is InChI=1S/C23H20ClN3OS/c1-26(14-18-6-2-3-7-21(18)24)23(28)17-9-11-20(12-10-17)29-16-19-15-27-13-5-4-8-22(27)25-19/h2-13,15H,14,16H2,1H3. The molecule has 146 valence electrons. The Morgan fingerprint density at radius 3 is 2.59 bits per heavy atom. The number of amides is 1. The first kappa shape index (κ1) is 19.6. The van der Waals surface area contributed by atoms with Gasteiger partial charge in [-0.05, 0) is 48.0 Å². The number of nitrogens with zero attached hydrogens (tertiary/aromatic N) is 3. The van der Waals surface area contributed by atoms with Gasteiger partial charge in [-0.25, -0.2) is 4.98 Å². The molecule has 0 saturated carbocycles. The van der Waals surface area contributed by atoms with E-state index in [9.17, 15) is 4.79 Å². The maximum Gasteiger partial charge on any atom is 0.253 e. The SMILES string of the molecule is CN(Cc1ccccc1Cl)C(=O)c1ccc(SCc2cn3ccccc3n2)cc1. The number of rotatable bonds is 6. The minimum atomic E-state index is -0.0261. The van der Waals surface area contributed by atoms with E-state index in [4.69, 9.17) is 11.6 Å². The number of carbonyl (C=O) groups excluding carboxylic acids is 1. The average Bonchev–Trinajstić information content (AvgIpc) is 3.17. The predicted molar refractivity (Wildman–Crippen MR) is 118 cm³/mol. The van der Waals surface area contributed by atoms with Crippen molar-refractivity contribution in [2.75, 3.05) is 7.05 Å². The van der Waals surface area contributed by atoms with E-state index in [2.05, 4.69) is 4.98 Å². The maximum absolute atomic E-state index is 12.7. The largest absolute Gasteiger partial charge is 0.337 e. The minimum Gasteiger partial charge on any atom is -0.337 e. The zero-order chi connectivity index (χ0) is 20.2. The van der Waals surface area contributed by atoms with Gasteiger partial charge in [0.1, 0.15) is 5.65 Å². The molecule has 0 N–H and O–H groups in total. The molecule has 2 heterocycles. The Kier molecular flexibility index (Phi) is 5.88. The second kappa shape index (κ2) is 8.72. The van der Waals surface area contributed by atoms with Gasteiger partial charge in [0.05, 0.1) is 5.69 Å². The summed E-state index contributed by atoms with van der Waals surface area (Å²) in [6.45, 7) is 0.475. The normalized spacial score (nSPS) is 11.0. The fourth-order valence-corrected chi connectivity index (χ4v) is 4.06. The number of hydrogen-bond acceptors (Lipinski definition) is 3. The number of pyridine rings is 1. The molecule has 4 rings (SSSR count). The summed E-state index contributed by atoms with van der Waals surface area (Å²) in [5.74, 6) is 0.753. The van der Waals surface area contributed by atoms with Gasteiger partial charge in [-0.2, -0.15) is 0 Å². The molecule has 0 atom stereocenters. The molecule has 0 aliphatic rings. The Morgan fingerprint density at radius 1 is 1.07 bits per heavy atom. The first-order valence-electron chi connectivity index (χ1n) is 9.24. The molecule has 0 aliphatic heterocycles. The predicted octanol–water partition coefficient (Wildman–Crippen LogP) is 5.55. The number of aromatic nitrogens is 2. The van der Waals surface area contributed by atoms with Crippen molar-refractivity contribution in [3.8, 4) is 0 Å². The summed E-state index contributed by atoms with van der Waals surface area (Å²) < 4.78 is 2.02. The molecule has 0 aliphatic carbocycles. The third kappa shape index (κ3) is 4.63. The van der Waals surface area contributed by atoms with Crippen molar-refractivity contribution in [2.24, 2.45) is 0 Å². The smallest absolute Gasteiger partial charge is 0.253 e. The number of carbonyl (C=O) groups is 1. The zero-order valence-electron chi connectivity index (χ0n) is 16.0. The lowest BCUT2D eigenvalue weighted by Gasteiger charge is -2.18. The second-order valence-electron chi connectivity index (χ2n) is 6.76. The molecular formula is C23H20ClN3OS. The van der Waals surface area contributed by atoms with Gasteiger partial charge in [0.25, 0.3) is 5.91 Å². The lowest BCUT2D eigenvalue weighted by molar-refractivity contribution is 0.0785. The highest BCUT2D eigenvalue weighted by Gasteiger charge is 2.13. The van der Waals surface area contributed by atoms with Gasteiger partial charge in [-0.3, -0.25) is 4.79 Å². The topological polar surface area (TPSA) is 37.6 Å². The van der Waals surface area contributed by atoms with Gasteiger partial charge >= 0.3 is 0 Å². The van der Waals surface area contributed by atoms with E-state index in [1.807, 2.05) is 83.5 Å². The first-order valence-corrected chi connectivity index (χ1v) is 10.6. The molecule has 0 saturated heterocycles. The Balaban J connectivity index is 1.37. The zero-order valence-corrected chi connectivity index (χ0v) is 17.5. The summed E-state index contributed by atoms with van der Waals surface area (Å²) in [5.41, 5.74) is 3.58. The van der Waals surface area contributed by atoms with Crippen molar-refractivity contribution in [2.45, 2.75) is 17.2 Å². The summed E-state index contributed by atoms with van der Waals surface area (Å²) in [5, 5.41) is 0.672. The van der Waals surface area contributed by atoms with Gasteiger partial charge in [-0.1, -0.05) is 35.9 Å². The Labute approximate surface area is 179 Å². The van der Waals surface area contributed by atoms with Crippen LogP contribution in [0.15, 0.2) is 84.0 Å². The number of halogens is 1. The van der Waals surface area contributed by atoms with Crippen LogP contribution in [0.4, 0.5) is 0 Å². The number of thioether (sulfide) groups is 1. The molecule has 0 fully saturated rings. The van der Waals surface area contributed by atoms with Crippen LogP contribution in [0, 0.1) is 0 Å². The van der Waals surface area contributed by atoms with Gasteiger partial charge in [0.15, 0.2) is 0 Å². The van der Waals surface area contributed by atoms with Crippen molar-refractivity contribution in [1.29, 1.82) is 0 Å². The Bertz CT molecular complexity index is 1110. The van der Waals surface area contributed by atoms with Crippen LogP contribution in [0.1, 0.15) is 21.6 Å². The quantitative estimate of drug-likeness (QED) is 0.383. The van der Waals surface area contributed by atoms with Gasteiger partial charge in [0, 0.05) is 47.2 Å². The molecule has 4 aromatic rings. The molecule has 6 heteroatoms. The van der Waals surface area contributed by atoms with Crippen LogP contribution in [-0.2, 0) is 12.3 Å². The second-order valence-corrected chi connectivity index (χ2v) is 8.22. The average molecular weight is 422 g/mol. The number of benzene rings is 2. The molecular weight excluding hydrogens is 402 g/mol. The Hall–Kier alpha value is -2.76. The van der Waals surface area contributed by atoms with Gasteiger partial charge in [-0.15, -0.1) is 11.8 Å². The van der Waals surface area contributed by atoms with Crippen LogP contribution < -0.4 is 0 Å². The number of fused-ring (bicyclic) bond motifs is 1. The van der Waals surface area contributed by atoms with Crippen molar-refractivity contribution in [3.63, 3.8) is 0 Å². The first-order chi connectivity index (χ1) is 14.1. The summed E-state index contributed by atoms with van der Waals surface area (Å²) in [6.07, 6.45) is 4.04. The number of imidazole rings is 1. The summed E-state index contributed by atoms with van der Waals surface area (Å²) in [4.78, 5) is 20.1. The lowest BCUT2D eigenvalue weighted by atomic mass is 10.1. The van der Waals surface area contributed by atoms with Crippen LogP contribution in [0.2, 0.25) is 5.02 Å². The molecule has 4 nitrogen and oxygen atoms in total. The molecule has 0 radical (unpaired) electrons. The monoisotopic (exact) mass is 421 g/mol. The lowest BCUT2D eigenvalue weighted by Crippen LogP contribution is -2.26. The van der Waals surface area contributed by atoms with Gasteiger partial charge < -0.3 is 9.30 Å². The minimum absolute atomic E-state index is 0.0261. The van der Waals surface area contributed by atoms with E-state index in [1.54, 1.807) is 23.7 Å². The molecule has 2 aromatic heterocycles. The highest BCUT2D eigenvalue weighted by molar-refractivity contribution is 7.98. The van der Waals surface area contributed by atoms with E-state index in [0.29, 0.717) is 17.1 Å². The van der Waals surface area contributed by atoms with E-state index in [-0.39, 0.29) is 5.91 Å².